The lowest BCUT2D eigenvalue weighted by Gasteiger charge is -2.22. The second-order valence-electron chi connectivity index (χ2n) is 7.23. The lowest BCUT2D eigenvalue weighted by atomic mass is 10.1. The number of benzene rings is 3. The van der Waals surface area contributed by atoms with Crippen LogP contribution in [0.4, 0.5) is 0 Å². The van der Waals surface area contributed by atoms with Gasteiger partial charge in [0.1, 0.15) is 11.5 Å². The minimum absolute atomic E-state index is 0.126. The SMILES string of the molecule is CS(=O)(=O)Oc1ccc(CN(Cc2ccco2)C(=O)c2ccc3ccccc3c2)cc1. The molecule has 1 aromatic heterocycles. The molecule has 0 aliphatic heterocycles. The molecule has 0 N–H and O–H groups in total. The summed E-state index contributed by atoms with van der Waals surface area (Å²) in [5.74, 6) is 0.773. The Morgan fingerprint density at radius 1 is 0.903 bits per heavy atom. The van der Waals surface area contributed by atoms with Gasteiger partial charge in [-0.05, 0) is 52.7 Å². The summed E-state index contributed by atoms with van der Waals surface area (Å²) in [5.41, 5.74) is 1.42. The molecule has 7 heteroatoms. The molecule has 0 aliphatic rings. The summed E-state index contributed by atoms with van der Waals surface area (Å²) in [4.78, 5) is 15.0. The van der Waals surface area contributed by atoms with E-state index in [0.717, 1.165) is 22.6 Å². The Morgan fingerprint density at radius 3 is 2.32 bits per heavy atom. The molecule has 0 spiro atoms. The third-order valence-corrected chi connectivity index (χ3v) is 5.25. The Kier molecular flexibility index (Phi) is 5.77. The molecule has 0 atom stereocenters. The summed E-state index contributed by atoms with van der Waals surface area (Å²) < 4.78 is 32.9. The van der Waals surface area contributed by atoms with E-state index in [1.54, 1.807) is 41.5 Å². The first kappa shape index (κ1) is 20.7. The molecule has 3 aromatic carbocycles. The Labute approximate surface area is 180 Å². The fraction of sp³-hybridized carbons (Fsp3) is 0.125. The highest BCUT2D eigenvalue weighted by molar-refractivity contribution is 7.86. The Hall–Kier alpha value is -3.58. The van der Waals surface area contributed by atoms with E-state index in [2.05, 4.69) is 0 Å². The fourth-order valence-corrected chi connectivity index (χ4v) is 3.80. The van der Waals surface area contributed by atoms with Gasteiger partial charge in [-0.3, -0.25) is 4.79 Å². The van der Waals surface area contributed by atoms with Crippen molar-refractivity contribution in [2.24, 2.45) is 0 Å². The summed E-state index contributed by atoms with van der Waals surface area (Å²) in [5, 5.41) is 2.06. The molecule has 0 radical (unpaired) electrons. The molecule has 0 unspecified atom stereocenters. The molecule has 0 bridgehead atoms. The van der Waals surface area contributed by atoms with E-state index in [1.165, 1.54) is 0 Å². The maximum atomic E-state index is 13.4. The van der Waals surface area contributed by atoms with Gasteiger partial charge in [-0.2, -0.15) is 8.42 Å². The van der Waals surface area contributed by atoms with E-state index in [9.17, 15) is 13.2 Å². The van der Waals surface area contributed by atoms with Gasteiger partial charge in [0.15, 0.2) is 0 Å². The highest BCUT2D eigenvalue weighted by Crippen LogP contribution is 2.21. The molecule has 4 rings (SSSR count). The normalized spacial score (nSPS) is 11.4. The highest BCUT2D eigenvalue weighted by Gasteiger charge is 2.18. The monoisotopic (exact) mass is 435 g/mol. The third kappa shape index (κ3) is 5.32. The van der Waals surface area contributed by atoms with Crippen LogP contribution in [0.2, 0.25) is 0 Å². The summed E-state index contributed by atoms with van der Waals surface area (Å²) in [7, 11) is -3.59. The Bertz CT molecular complexity index is 1300. The summed E-state index contributed by atoms with van der Waals surface area (Å²) in [6.07, 6.45) is 2.57. The molecule has 0 fully saturated rings. The van der Waals surface area contributed by atoms with Crippen LogP contribution >= 0.6 is 0 Å². The van der Waals surface area contributed by atoms with E-state index in [4.69, 9.17) is 8.60 Å². The topological polar surface area (TPSA) is 76.8 Å². The molecule has 0 saturated heterocycles. The summed E-state index contributed by atoms with van der Waals surface area (Å²) in [6.45, 7) is 0.631. The van der Waals surface area contributed by atoms with Gasteiger partial charge in [-0.25, -0.2) is 0 Å². The van der Waals surface area contributed by atoms with Gasteiger partial charge in [-0.1, -0.05) is 42.5 Å². The van der Waals surface area contributed by atoms with Crippen LogP contribution in [0.5, 0.6) is 5.75 Å². The average Bonchev–Trinajstić information content (AvgIpc) is 3.26. The van der Waals surface area contributed by atoms with Crippen LogP contribution in [0.1, 0.15) is 21.7 Å². The molecule has 0 saturated carbocycles. The van der Waals surface area contributed by atoms with E-state index in [-0.39, 0.29) is 11.7 Å². The van der Waals surface area contributed by atoms with Crippen molar-refractivity contribution in [3.05, 3.63) is 102 Å². The van der Waals surface area contributed by atoms with Crippen molar-refractivity contribution in [3.8, 4) is 5.75 Å². The summed E-state index contributed by atoms with van der Waals surface area (Å²) in [6, 6.07) is 23.8. The molecule has 1 amide bonds. The predicted molar refractivity (Wildman–Crippen MR) is 118 cm³/mol. The molecular formula is C24H21NO5S. The van der Waals surface area contributed by atoms with Crippen molar-refractivity contribution in [2.45, 2.75) is 13.1 Å². The number of carbonyl (C=O) groups is 1. The van der Waals surface area contributed by atoms with E-state index >= 15 is 0 Å². The van der Waals surface area contributed by atoms with Crippen molar-refractivity contribution < 1.29 is 21.8 Å². The standard InChI is InChI=1S/C24H21NO5S/c1-31(27,28)30-22-12-8-18(9-13-22)16-25(17-23-7-4-14-29-23)24(26)21-11-10-19-5-2-3-6-20(19)15-21/h2-15H,16-17H2,1H3. The predicted octanol–water partition coefficient (Wildman–Crippen LogP) is 4.61. The van der Waals surface area contributed by atoms with Crippen LogP contribution < -0.4 is 4.18 Å². The van der Waals surface area contributed by atoms with E-state index in [1.807, 2.05) is 48.5 Å². The van der Waals surface area contributed by atoms with Gasteiger partial charge in [-0.15, -0.1) is 0 Å². The van der Waals surface area contributed by atoms with Gasteiger partial charge in [0, 0.05) is 12.1 Å². The zero-order valence-corrected chi connectivity index (χ0v) is 17.7. The van der Waals surface area contributed by atoms with Crippen LogP contribution in [-0.4, -0.2) is 25.5 Å². The van der Waals surface area contributed by atoms with Crippen LogP contribution in [0.15, 0.2) is 89.5 Å². The van der Waals surface area contributed by atoms with Crippen LogP contribution in [0, 0.1) is 0 Å². The van der Waals surface area contributed by atoms with Crippen LogP contribution in [0.25, 0.3) is 10.8 Å². The molecule has 31 heavy (non-hydrogen) atoms. The highest BCUT2D eigenvalue weighted by atomic mass is 32.2. The van der Waals surface area contributed by atoms with E-state index < -0.39 is 10.1 Å². The van der Waals surface area contributed by atoms with Gasteiger partial charge >= 0.3 is 10.1 Å². The second kappa shape index (κ2) is 8.65. The number of furan rings is 1. The Balaban J connectivity index is 1.59. The number of hydrogen-bond acceptors (Lipinski definition) is 5. The minimum Gasteiger partial charge on any atom is -0.467 e. The lowest BCUT2D eigenvalue weighted by molar-refractivity contribution is 0.0718. The first-order valence-corrected chi connectivity index (χ1v) is 11.5. The van der Waals surface area contributed by atoms with Crippen molar-refractivity contribution in [1.29, 1.82) is 0 Å². The van der Waals surface area contributed by atoms with E-state index in [0.29, 0.717) is 24.4 Å². The number of carbonyl (C=O) groups excluding carboxylic acids is 1. The number of amides is 1. The molecule has 6 nitrogen and oxygen atoms in total. The number of nitrogens with zero attached hydrogens (tertiary/aromatic N) is 1. The van der Waals surface area contributed by atoms with Gasteiger partial charge in [0.25, 0.3) is 5.91 Å². The molecule has 4 aromatic rings. The largest absolute Gasteiger partial charge is 0.467 e. The molecule has 0 aliphatic carbocycles. The molecule has 1 heterocycles. The quantitative estimate of drug-likeness (QED) is 0.396. The zero-order chi connectivity index (χ0) is 21.8. The summed E-state index contributed by atoms with van der Waals surface area (Å²) >= 11 is 0. The maximum absolute atomic E-state index is 13.4. The smallest absolute Gasteiger partial charge is 0.306 e. The van der Waals surface area contributed by atoms with Crippen molar-refractivity contribution in [3.63, 3.8) is 0 Å². The Morgan fingerprint density at radius 2 is 1.65 bits per heavy atom. The average molecular weight is 436 g/mol. The molecule has 158 valence electrons. The number of rotatable bonds is 7. The lowest BCUT2D eigenvalue weighted by Crippen LogP contribution is -2.30. The first-order chi connectivity index (χ1) is 14.9. The van der Waals surface area contributed by atoms with Crippen molar-refractivity contribution >= 4 is 26.8 Å². The van der Waals surface area contributed by atoms with Gasteiger partial charge in [0.2, 0.25) is 0 Å². The van der Waals surface area contributed by atoms with Gasteiger partial charge in [0.05, 0.1) is 19.1 Å². The zero-order valence-electron chi connectivity index (χ0n) is 16.9. The van der Waals surface area contributed by atoms with Gasteiger partial charge < -0.3 is 13.5 Å². The minimum atomic E-state index is -3.59. The van der Waals surface area contributed by atoms with Crippen LogP contribution in [0.3, 0.4) is 0 Å². The first-order valence-electron chi connectivity index (χ1n) is 9.66. The number of hydrogen-bond donors (Lipinski definition) is 0. The van der Waals surface area contributed by atoms with Crippen LogP contribution in [-0.2, 0) is 23.2 Å². The van der Waals surface area contributed by atoms with Crippen molar-refractivity contribution in [1.82, 2.24) is 4.90 Å². The second-order valence-corrected chi connectivity index (χ2v) is 8.81. The van der Waals surface area contributed by atoms with Crippen molar-refractivity contribution in [2.75, 3.05) is 6.26 Å². The maximum Gasteiger partial charge on any atom is 0.306 e. The molecular weight excluding hydrogens is 414 g/mol. The third-order valence-electron chi connectivity index (χ3n) is 4.75. The number of fused-ring (bicyclic) bond motifs is 1. The fourth-order valence-electron chi connectivity index (χ4n) is 3.34.